The summed E-state index contributed by atoms with van der Waals surface area (Å²) >= 11 is 0. The Labute approximate surface area is 448 Å². The summed E-state index contributed by atoms with van der Waals surface area (Å²) in [6, 6.07) is 75.5. The normalized spacial score (nSPS) is 14.4. The van der Waals surface area contributed by atoms with Crippen molar-refractivity contribution in [3.63, 3.8) is 0 Å². The number of ether oxygens (including phenoxy) is 1. The monoisotopic (exact) mass is 979 g/mol. The van der Waals surface area contributed by atoms with Gasteiger partial charge in [-0.15, -0.1) is 0 Å². The number of aromatic nitrogens is 2. The minimum Gasteiger partial charge on any atom is -0.457 e. The minimum atomic E-state index is -0.610. The molecule has 2 aliphatic carbocycles. The van der Waals surface area contributed by atoms with E-state index in [-0.39, 0.29) is 23.1 Å². The van der Waals surface area contributed by atoms with Gasteiger partial charge < -0.3 is 4.74 Å². The predicted molar refractivity (Wildman–Crippen MR) is 312 cm³/mol. The molecule has 0 saturated carbocycles. The standard InChI is InChI=1S/C71H50N4O/c1-70(2,3)48-39-40-72-68(42-48)75-64-32-14-10-26-58(64)59-38-36-51(44-67(59)75)76-50-22-17-21-49(43-50)73-45-74(66-34-16-15-33-65(66)73)69-52(46-19-5-4-6-20-46)27-18-28-53(69)47-35-37-57-56-25-9-13-31-62(56)71(63(57)41-47)60-29-11-7-23-54(60)55-24-8-12-30-61(55)71/h4-44H,1-3H3/q+2/i4D,5D,6D,19D,20D. The van der Waals surface area contributed by atoms with Crippen LogP contribution in [0.4, 0.5) is 22.7 Å². The highest BCUT2D eigenvalue weighted by Gasteiger charge is 2.52. The Kier molecular flexibility index (Phi) is 8.53. The van der Waals surface area contributed by atoms with Crippen LogP contribution in [0, 0.1) is 0 Å². The fourth-order valence-corrected chi connectivity index (χ4v) is 12.4. The van der Waals surface area contributed by atoms with E-state index in [9.17, 15) is 2.74 Å². The Balaban J connectivity index is 0.919. The molecule has 3 aliphatic rings. The molecule has 0 atom stereocenters. The Morgan fingerprint density at radius 2 is 1.08 bits per heavy atom. The van der Waals surface area contributed by atoms with E-state index >= 15 is 0 Å². The number of rotatable bonds is 7. The first-order chi connectivity index (χ1) is 39.4. The fourth-order valence-electron chi connectivity index (χ4n) is 12.4. The van der Waals surface area contributed by atoms with Crippen molar-refractivity contribution in [1.82, 2.24) is 18.7 Å². The average Bonchev–Trinajstić information content (AvgIpc) is 4.36. The minimum absolute atomic E-state index is 0.0655. The molecule has 5 nitrogen and oxygen atoms in total. The van der Waals surface area contributed by atoms with Crippen LogP contribution < -0.4 is 13.9 Å². The molecule has 12 aromatic rings. The molecule has 1 aliphatic heterocycles. The largest absolute Gasteiger partial charge is 0.503 e. The van der Waals surface area contributed by atoms with Gasteiger partial charge in [0.25, 0.3) is 11.4 Å². The third-order valence-electron chi connectivity index (χ3n) is 15.7. The molecule has 0 bridgehead atoms. The van der Waals surface area contributed by atoms with Crippen LogP contribution in [0.1, 0.15) is 55.4 Å². The number of nitrogens with zero attached hydrogens (tertiary/aromatic N) is 4. The molecule has 15 rings (SSSR count). The van der Waals surface area contributed by atoms with Crippen molar-refractivity contribution in [3.8, 4) is 61.8 Å². The van der Waals surface area contributed by atoms with Crippen molar-refractivity contribution in [3.05, 3.63) is 277 Å². The Morgan fingerprint density at radius 1 is 0.487 bits per heavy atom. The molecule has 0 fully saturated rings. The van der Waals surface area contributed by atoms with Gasteiger partial charge in [-0.3, -0.25) is 4.57 Å². The smallest absolute Gasteiger partial charge is 0.457 e. The summed E-state index contributed by atoms with van der Waals surface area (Å²) in [6.45, 7) is 6.64. The summed E-state index contributed by atoms with van der Waals surface area (Å²) in [6.07, 6.45) is 1.89. The molecule has 5 heteroatoms. The van der Waals surface area contributed by atoms with Gasteiger partial charge in [-0.2, -0.15) is 0 Å². The van der Waals surface area contributed by atoms with Gasteiger partial charge in [-0.05, 0) is 130 Å². The number of benzene rings is 10. The first-order valence-corrected chi connectivity index (χ1v) is 25.8. The third-order valence-corrected chi connectivity index (χ3v) is 15.7. The molecule has 76 heavy (non-hydrogen) atoms. The summed E-state index contributed by atoms with van der Waals surface area (Å²) in [7, 11) is 0. The highest BCUT2D eigenvalue weighted by molar-refractivity contribution is 6.09. The zero-order valence-corrected chi connectivity index (χ0v) is 42.0. The molecule has 0 unspecified atom stereocenters. The number of hydrogen-bond acceptors (Lipinski definition) is 2. The van der Waals surface area contributed by atoms with Gasteiger partial charge in [0.15, 0.2) is 0 Å². The van der Waals surface area contributed by atoms with Crippen molar-refractivity contribution in [2.45, 2.75) is 31.6 Å². The molecule has 2 aromatic heterocycles. The van der Waals surface area contributed by atoms with Crippen LogP contribution in [0.5, 0.6) is 11.5 Å². The van der Waals surface area contributed by atoms with Crippen LogP contribution in [0.3, 0.4) is 0 Å². The molecule has 0 amide bonds. The number of hydrogen-bond donors (Lipinski definition) is 0. The van der Waals surface area contributed by atoms with Gasteiger partial charge >= 0.3 is 6.01 Å². The van der Waals surface area contributed by atoms with Crippen LogP contribution in [0.15, 0.2) is 249 Å². The maximum Gasteiger partial charge on any atom is 0.503 e. The average molecular weight is 980 g/mol. The molecule has 10 aromatic carbocycles. The van der Waals surface area contributed by atoms with Crippen molar-refractivity contribution >= 4 is 50.6 Å². The third kappa shape index (κ3) is 6.49. The SMILES string of the molecule is [2H]c1c([2H])c([2H])c(-c2cccc(-c3ccc4c(c3)C3(c5ccccc5-c5ccccc53)c3ccccc3-4)c2[N+]2=C=[N+](c3cccc(Oc4ccc5c6ccccc6n(-c6cc(C(C)(C)C)ccn6)c5c4)c3)c3ccccc32)c([2H])c1[2H]. The highest BCUT2D eigenvalue weighted by Crippen LogP contribution is 2.63. The van der Waals surface area contributed by atoms with E-state index in [1.807, 2.05) is 82.1 Å². The summed E-state index contributed by atoms with van der Waals surface area (Å²) in [4.78, 5) is 4.89. The summed E-state index contributed by atoms with van der Waals surface area (Å²) < 4.78 is 58.2. The van der Waals surface area contributed by atoms with Crippen molar-refractivity contribution in [2.75, 3.05) is 0 Å². The van der Waals surface area contributed by atoms with Gasteiger partial charge in [0, 0.05) is 41.2 Å². The van der Waals surface area contributed by atoms with Gasteiger partial charge in [0.05, 0.1) is 40.5 Å². The van der Waals surface area contributed by atoms with E-state index in [0.29, 0.717) is 22.7 Å². The fraction of sp³-hybridized carbons (Fsp3) is 0.0704. The van der Waals surface area contributed by atoms with E-state index in [1.54, 1.807) is 0 Å². The topological polar surface area (TPSA) is 33.1 Å². The van der Waals surface area contributed by atoms with Crippen molar-refractivity contribution in [1.29, 1.82) is 0 Å². The highest BCUT2D eigenvalue weighted by atomic mass is 16.5. The zero-order valence-electron chi connectivity index (χ0n) is 47.0. The molecular weight excluding hydrogens is 925 g/mol. The lowest BCUT2D eigenvalue weighted by Gasteiger charge is -2.30. The van der Waals surface area contributed by atoms with Gasteiger partial charge in [-0.1, -0.05) is 178 Å². The molecule has 0 radical (unpaired) electrons. The predicted octanol–water partition coefficient (Wildman–Crippen LogP) is 17.8. The van der Waals surface area contributed by atoms with Crippen molar-refractivity contribution < 1.29 is 11.6 Å². The zero-order chi connectivity index (χ0) is 55.1. The lowest BCUT2D eigenvalue weighted by Crippen LogP contribution is -2.25. The quantitative estimate of drug-likeness (QED) is 0.149. The van der Waals surface area contributed by atoms with Crippen LogP contribution in [0.2, 0.25) is 0 Å². The summed E-state index contributed by atoms with van der Waals surface area (Å²) in [5.74, 6) is 2.11. The second-order valence-electron chi connectivity index (χ2n) is 20.9. The van der Waals surface area contributed by atoms with E-state index < -0.39 is 23.5 Å². The maximum absolute atomic E-state index is 9.39. The van der Waals surface area contributed by atoms with E-state index in [2.05, 4.69) is 177 Å². The number of para-hydroxylation sites is 4. The summed E-state index contributed by atoms with van der Waals surface area (Å²) in [5, 5.41) is 2.22. The molecule has 1 spiro atoms. The number of fused-ring (bicyclic) bond motifs is 14. The second-order valence-corrected chi connectivity index (χ2v) is 20.9. The van der Waals surface area contributed by atoms with Crippen LogP contribution in [-0.4, -0.2) is 15.6 Å². The van der Waals surface area contributed by atoms with E-state index in [1.165, 1.54) is 38.9 Å². The molecule has 358 valence electrons. The van der Waals surface area contributed by atoms with Crippen LogP contribution in [-0.2, 0) is 10.8 Å². The first kappa shape index (κ1) is 38.9. The molecule has 3 heterocycles. The lowest BCUT2D eigenvalue weighted by molar-refractivity contribution is 0.483. The van der Waals surface area contributed by atoms with Gasteiger partial charge in [-0.25, -0.2) is 4.98 Å². The van der Waals surface area contributed by atoms with Gasteiger partial charge in [0.1, 0.15) is 17.3 Å². The summed E-state index contributed by atoms with van der Waals surface area (Å²) in [5.41, 5.74) is 17.4. The van der Waals surface area contributed by atoms with Crippen LogP contribution in [0.25, 0.3) is 72.1 Å². The Morgan fingerprint density at radius 3 is 1.80 bits per heavy atom. The first-order valence-electron chi connectivity index (χ1n) is 28.3. The van der Waals surface area contributed by atoms with E-state index in [4.69, 9.17) is 13.8 Å². The van der Waals surface area contributed by atoms with Crippen molar-refractivity contribution in [2.24, 2.45) is 0 Å². The Hall–Kier alpha value is -9.67. The maximum atomic E-state index is 9.39. The second kappa shape index (κ2) is 16.7. The molecule has 0 saturated heterocycles. The number of pyridine rings is 1. The molecule has 0 N–H and O–H groups in total. The van der Waals surface area contributed by atoms with Crippen LogP contribution >= 0.6 is 0 Å². The van der Waals surface area contributed by atoms with Gasteiger partial charge in [0.2, 0.25) is 11.4 Å². The molecular formula is C71H50N4O+2. The van der Waals surface area contributed by atoms with E-state index in [0.717, 1.165) is 66.9 Å². The Bertz CT molecular complexity index is 4700. The lowest BCUT2D eigenvalue weighted by atomic mass is 9.70.